The van der Waals surface area contributed by atoms with Crippen LogP contribution < -0.4 is 10.2 Å². The minimum atomic E-state index is 0.666. The molecule has 106 valence electrons. The second-order valence-electron chi connectivity index (χ2n) is 5.42. The van der Waals surface area contributed by atoms with Gasteiger partial charge in [-0.25, -0.2) is 4.98 Å². The summed E-state index contributed by atoms with van der Waals surface area (Å²) < 4.78 is 0. The van der Waals surface area contributed by atoms with Crippen molar-refractivity contribution >= 4 is 5.82 Å². The van der Waals surface area contributed by atoms with E-state index in [1.165, 1.54) is 24.9 Å². The summed E-state index contributed by atoms with van der Waals surface area (Å²) in [6, 6.07) is 4.85. The zero-order valence-corrected chi connectivity index (χ0v) is 12.4. The first kappa shape index (κ1) is 14.3. The Morgan fingerprint density at radius 1 is 1.53 bits per heavy atom. The highest BCUT2D eigenvalue weighted by atomic mass is 15.2. The van der Waals surface area contributed by atoms with Gasteiger partial charge >= 0.3 is 0 Å². The molecule has 0 bridgehead atoms. The highest BCUT2D eigenvalue weighted by Crippen LogP contribution is 2.20. The molecule has 1 saturated heterocycles. The molecular weight excluding hydrogens is 236 g/mol. The molecule has 19 heavy (non-hydrogen) atoms. The Hall–Kier alpha value is -1.13. The lowest BCUT2D eigenvalue weighted by Gasteiger charge is -2.28. The standard InChI is InChI=1S/C15H26N4/c1-4-16-11-13-7-5-9-17-15(13)19(3)12-14-8-6-10-18(14)2/h5,7,9,14,16H,4,6,8,10-12H2,1-3H3. The van der Waals surface area contributed by atoms with E-state index in [0.717, 1.165) is 25.5 Å². The SMILES string of the molecule is CCNCc1cccnc1N(C)CC1CCCN1C. The average molecular weight is 262 g/mol. The Bertz CT molecular complexity index is 393. The minimum Gasteiger partial charge on any atom is -0.358 e. The van der Waals surface area contributed by atoms with E-state index in [9.17, 15) is 0 Å². The van der Waals surface area contributed by atoms with Crippen LogP contribution in [0.2, 0.25) is 0 Å². The molecule has 1 aliphatic rings. The van der Waals surface area contributed by atoms with Crippen LogP contribution in [0.5, 0.6) is 0 Å². The largest absolute Gasteiger partial charge is 0.358 e. The normalized spacial score (nSPS) is 19.8. The highest BCUT2D eigenvalue weighted by Gasteiger charge is 2.23. The Kier molecular flexibility index (Phi) is 5.16. The summed E-state index contributed by atoms with van der Waals surface area (Å²) in [7, 11) is 4.38. The molecule has 1 fully saturated rings. The molecule has 0 aliphatic carbocycles. The van der Waals surface area contributed by atoms with E-state index in [2.05, 4.69) is 47.2 Å². The molecular formula is C15H26N4. The van der Waals surface area contributed by atoms with Gasteiger partial charge in [-0.1, -0.05) is 13.0 Å². The fraction of sp³-hybridized carbons (Fsp3) is 0.667. The molecule has 1 aromatic heterocycles. The van der Waals surface area contributed by atoms with Gasteiger partial charge in [-0.3, -0.25) is 0 Å². The van der Waals surface area contributed by atoms with Crippen LogP contribution in [0.15, 0.2) is 18.3 Å². The minimum absolute atomic E-state index is 0.666. The molecule has 0 saturated carbocycles. The van der Waals surface area contributed by atoms with Gasteiger partial charge in [-0.05, 0) is 39.0 Å². The van der Waals surface area contributed by atoms with Crippen LogP contribution in [0.3, 0.4) is 0 Å². The molecule has 1 atom stereocenters. The summed E-state index contributed by atoms with van der Waals surface area (Å²) in [5.41, 5.74) is 1.28. The lowest BCUT2D eigenvalue weighted by atomic mass is 10.2. The van der Waals surface area contributed by atoms with Crippen LogP contribution in [-0.2, 0) is 6.54 Å². The first-order valence-electron chi connectivity index (χ1n) is 7.28. The van der Waals surface area contributed by atoms with Gasteiger partial charge in [0, 0.05) is 37.9 Å². The van der Waals surface area contributed by atoms with Crippen LogP contribution in [0, 0.1) is 0 Å². The van der Waals surface area contributed by atoms with Crippen molar-refractivity contribution < 1.29 is 0 Å². The number of likely N-dealkylation sites (N-methyl/N-ethyl adjacent to an activating group) is 2. The summed E-state index contributed by atoms with van der Waals surface area (Å²) in [5.74, 6) is 1.11. The van der Waals surface area contributed by atoms with E-state index in [-0.39, 0.29) is 0 Å². The highest BCUT2D eigenvalue weighted by molar-refractivity contribution is 5.46. The average Bonchev–Trinajstić information content (AvgIpc) is 2.82. The van der Waals surface area contributed by atoms with Crippen molar-refractivity contribution in [2.45, 2.75) is 32.4 Å². The maximum atomic E-state index is 4.57. The van der Waals surface area contributed by atoms with E-state index >= 15 is 0 Å². The van der Waals surface area contributed by atoms with Crippen molar-refractivity contribution in [1.29, 1.82) is 0 Å². The summed E-state index contributed by atoms with van der Waals surface area (Å²) >= 11 is 0. The maximum Gasteiger partial charge on any atom is 0.132 e. The van der Waals surface area contributed by atoms with Gasteiger partial charge in [-0.15, -0.1) is 0 Å². The quantitative estimate of drug-likeness (QED) is 0.846. The Balaban J connectivity index is 2.03. The molecule has 1 N–H and O–H groups in total. The van der Waals surface area contributed by atoms with Crippen LogP contribution in [0.4, 0.5) is 5.82 Å². The molecule has 2 heterocycles. The summed E-state index contributed by atoms with van der Waals surface area (Å²) in [4.78, 5) is 9.33. The number of anilines is 1. The smallest absolute Gasteiger partial charge is 0.132 e. The van der Waals surface area contributed by atoms with E-state index in [0.29, 0.717) is 6.04 Å². The predicted octanol–water partition coefficient (Wildman–Crippen LogP) is 1.72. The number of likely N-dealkylation sites (tertiary alicyclic amines) is 1. The van der Waals surface area contributed by atoms with Crippen molar-refractivity contribution in [1.82, 2.24) is 15.2 Å². The van der Waals surface area contributed by atoms with Crippen LogP contribution >= 0.6 is 0 Å². The molecule has 1 unspecified atom stereocenters. The molecule has 0 amide bonds. The number of hydrogen-bond acceptors (Lipinski definition) is 4. The number of nitrogens with zero attached hydrogens (tertiary/aromatic N) is 3. The fourth-order valence-electron chi connectivity index (χ4n) is 2.78. The van der Waals surface area contributed by atoms with E-state index in [1.54, 1.807) is 0 Å². The lowest BCUT2D eigenvalue weighted by molar-refractivity contribution is 0.314. The third kappa shape index (κ3) is 3.67. The van der Waals surface area contributed by atoms with Crippen LogP contribution in [0.25, 0.3) is 0 Å². The van der Waals surface area contributed by atoms with E-state index < -0.39 is 0 Å². The zero-order valence-electron chi connectivity index (χ0n) is 12.4. The Labute approximate surface area is 116 Å². The maximum absolute atomic E-state index is 4.57. The van der Waals surface area contributed by atoms with Crippen LogP contribution in [-0.4, -0.2) is 49.7 Å². The van der Waals surface area contributed by atoms with Crippen molar-refractivity contribution in [3.63, 3.8) is 0 Å². The number of aromatic nitrogens is 1. The monoisotopic (exact) mass is 262 g/mol. The number of hydrogen-bond donors (Lipinski definition) is 1. The first-order valence-corrected chi connectivity index (χ1v) is 7.28. The fourth-order valence-corrected chi connectivity index (χ4v) is 2.78. The molecule has 0 spiro atoms. The van der Waals surface area contributed by atoms with Gasteiger partial charge in [0.1, 0.15) is 5.82 Å². The van der Waals surface area contributed by atoms with Crippen molar-refractivity contribution in [2.75, 3.05) is 38.6 Å². The van der Waals surface area contributed by atoms with Gasteiger partial charge in [-0.2, -0.15) is 0 Å². The van der Waals surface area contributed by atoms with Gasteiger partial charge in [0.15, 0.2) is 0 Å². The predicted molar refractivity (Wildman–Crippen MR) is 80.5 cm³/mol. The number of nitrogens with one attached hydrogen (secondary N) is 1. The summed E-state index contributed by atoms with van der Waals surface area (Å²) in [5, 5.41) is 3.39. The number of pyridine rings is 1. The molecule has 4 heteroatoms. The zero-order chi connectivity index (χ0) is 13.7. The third-order valence-electron chi connectivity index (χ3n) is 3.95. The van der Waals surface area contributed by atoms with E-state index in [4.69, 9.17) is 0 Å². The van der Waals surface area contributed by atoms with Crippen molar-refractivity contribution in [2.24, 2.45) is 0 Å². The van der Waals surface area contributed by atoms with Gasteiger partial charge < -0.3 is 15.1 Å². The van der Waals surface area contributed by atoms with Crippen molar-refractivity contribution in [3.8, 4) is 0 Å². The molecule has 2 rings (SSSR count). The van der Waals surface area contributed by atoms with E-state index in [1.807, 2.05) is 12.3 Å². The van der Waals surface area contributed by atoms with Crippen molar-refractivity contribution in [3.05, 3.63) is 23.9 Å². The molecule has 1 aromatic rings. The molecule has 0 radical (unpaired) electrons. The molecule has 4 nitrogen and oxygen atoms in total. The molecule has 1 aliphatic heterocycles. The third-order valence-corrected chi connectivity index (χ3v) is 3.95. The topological polar surface area (TPSA) is 31.4 Å². The Morgan fingerprint density at radius 3 is 3.05 bits per heavy atom. The van der Waals surface area contributed by atoms with Gasteiger partial charge in [0.2, 0.25) is 0 Å². The number of rotatable bonds is 6. The van der Waals surface area contributed by atoms with Crippen LogP contribution in [0.1, 0.15) is 25.3 Å². The first-order chi connectivity index (χ1) is 9.22. The summed E-state index contributed by atoms with van der Waals surface area (Å²) in [6.07, 6.45) is 4.51. The lowest BCUT2D eigenvalue weighted by Crippen LogP contribution is -2.37. The second-order valence-corrected chi connectivity index (χ2v) is 5.42. The second kappa shape index (κ2) is 6.87. The van der Waals surface area contributed by atoms with Gasteiger partial charge in [0.25, 0.3) is 0 Å². The van der Waals surface area contributed by atoms with Gasteiger partial charge in [0.05, 0.1) is 0 Å². The Morgan fingerprint density at radius 2 is 2.37 bits per heavy atom. The summed E-state index contributed by atoms with van der Waals surface area (Å²) in [6.45, 7) is 6.30. The molecule has 0 aromatic carbocycles.